The fourth-order valence-corrected chi connectivity index (χ4v) is 4.66. The molecular formula is C18H31N4O7PS. The molecule has 0 aromatic rings. The van der Waals surface area contributed by atoms with Gasteiger partial charge >= 0.3 is 7.75 Å². The first-order chi connectivity index (χ1) is 14.4. The number of nitrogens with one attached hydrogen (secondary N) is 1. The van der Waals surface area contributed by atoms with Gasteiger partial charge in [-0.15, -0.1) is 0 Å². The minimum atomic E-state index is -3.70. The summed E-state index contributed by atoms with van der Waals surface area (Å²) in [4.78, 5) is 16.8. The molecule has 2 aliphatic heterocycles. The number of likely N-dealkylation sites (N-methyl/N-ethyl adjacent to an activating group) is 1. The Kier molecular flexibility index (Phi) is 8.88. The van der Waals surface area contributed by atoms with Crippen LogP contribution in [0.4, 0.5) is 0 Å². The number of ether oxygens (including phenoxy) is 1. The van der Waals surface area contributed by atoms with E-state index in [9.17, 15) is 19.6 Å². The molecule has 2 rings (SSSR count). The van der Waals surface area contributed by atoms with Gasteiger partial charge in [0.05, 0.1) is 13.2 Å². The van der Waals surface area contributed by atoms with Gasteiger partial charge in [0, 0.05) is 25.9 Å². The van der Waals surface area contributed by atoms with Gasteiger partial charge in [0.1, 0.15) is 29.5 Å². The molecule has 13 heteroatoms. The molecule has 0 saturated carbocycles. The molecule has 0 aromatic carbocycles. The molecule has 1 saturated heterocycles. The van der Waals surface area contributed by atoms with Crippen LogP contribution in [0.3, 0.4) is 0 Å². The predicted molar refractivity (Wildman–Crippen MR) is 118 cm³/mol. The smallest absolute Gasteiger partial charge is 0.385 e. The Morgan fingerprint density at radius 2 is 2.19 bits per heavy atom. The number of hydrogen-bond donors (Lipinski definition) is 3. The summed E-state index contributed by atoms with van der Waals surface area (Å²) >= 11 is 1.05. The Balaban J connectivity index is 2.04. The number of nitrogens with zero attached hydrogens (tertiary/aromatic N) is 3. The number of thioether (sulfide) groups is 1. The molecule has 0 radical (unpaired) electrons. The highest BCUT2D eigenvalue weighted by molar-refractivity contribution is 8.13. The molecule has 2 unspecified atom stereocenters. The maximum absolute atomic E-state index is 13.0. The average Bonchev–Trinajstić information content (AvgIpc) is 2.92. The van der Waals surface area contributed by atoms with Crippen LogP contribution in [0.1, 0.15) is 13.8 Å². The quantitative estimate of drug-likeness (QED) is 0.320. The molecule has 11 nitrogen and oxygen atoms in total. The van der Waals surface area contributed by atoms with Gasteiger partial charge in [-0.05, 0) is 27.1 Å². The van der Waals surface area contributed by atoms with Gasteiger partial charge in [-0.2, -0.15) is 0 Å². The molecule has 2 aliphatic rings. The van der Waals surface area contributed by atoms with Gasteiger partial charge in [-0.25, -0.2) is 14.2 Å². The lowest BCUT2D eigenvalue weighted by atomic mass is 9.95. The van der Waals surface area contributed by atoms with Crippen LogP contribution in [0.2, 0.25) is 0 Å². The molecule has 0 bridgehead atoms. The van der Waals surface area contributed by atoms with Crippen molar-refractivity contribution in [2.75, 3.05) is 40.1 Å². The lowest BCUT2D eigenvalue weighted by Crippen LogP contribution is -2.49. The summed E-state index contributed by atoms with van der Waals surface area (Å²) in [6.45, 7) is 6.44. The van der Waals surface area contributed by atoms with Gasteiger partial charge in [0.15, 0.2) is 11.3 Å². The van der Waals surface area contributed by atoms with Crippen LogP contribution in [-0.2, 0) is 23.1 Å². The maximum atomic E-state index is 13.0. The van der Waals surface area contributed by atoms with E-state index in [4.69, 9.17) is 13.8 Å². The fraction of sp³-hybridized carbons (Fsp3) is 0.667. The number of hydrogen-bond acceptors (Lipinski definition) is 11. The summed E-state index contributed by atoms with van der Waals surface area (Å²) in [5.74, 6) is 1.24. The number of aliphatic imine (C=N–C) groups is 1. The zero-order valence-corrected chi connectivity index (χ0v) is 20.1. The highest BCUT2D eigenvalue weighted by Gasteiger charge is 2.55. The van der Waals surface area contributed by atoms with E-state index in [2.05, 4.69) is 16.9 Å². The minimum Gasteiger partial charge on any atom is -0.385 e. The number of amidine groups is 1. The molecule has 5 atom stereocenters. The van der Waals surface area contributed by atoms with Crippen LogP contribution in [-0.4, -0.2) is 94.9 Å². The Bertz CT molecular complexity index is 789. The number of aliphatic hydroxyl groups is 2. The molecule has 0 spiro atoms. The Hall–Kier alpha value is -1.24. The third-order valence-corrected chi connectivity index (χ3v) is 7.56. The normalized spacial score (nSPS) is 30.5. The molecular weight excluding hydrogens is 447 g/mol. The first-order valence-corrected chi connectivity index (χ1v) is 12.1. The lowest BCUT2D eigenvalue weighted by molar-refractivity contribution is -0.109. The third-order valence-electron chi connectivity index (χ3n) is 4.82. The second-order valence-electron chi connectivity index (χ2n) is 7.36. The fourth-order valence-electron chi connectivity index (χ4n) is 2.90. The van der Waals surface area contributed by atoms with Crippen molar-refractivity contribution in [3.8, 4) is 0 Å². The molecule has 1 fully saturated rings. The highest BCUT2D eigenvalue weighted by atomic mass is 32.2. The Morgan fingerprint density at radius 3 is 2.74 bits per heavy atom. The molecule has 0 aromatic heterocycles. The largest absolute Gasteiger partial charge is 0.407 e. The summed E-state index contributed by atoms with van der Waals surface area (Å²) in [5, 5.41) is 24.4. The zero-order valence-electron chi connectivity index (χ0n) is 18.3. The van der Waals surface area contributed by atoms with Crippen molar-refractivity contribution < 1.29 is 33.4 Å². The number of rotatable bonds is 9. The third kappa shape index (κ3) is 6.17. The van der Waals surface area contributed by atoms with Crippen molar-refractivity contribution in [2.45, 2.75) is 37.9 Å². The van der Waals surface area contributed by atoms with Crippen molar-refractivity contribution in [3.63, 3.8) is 0 Å². The van der Waals surface area contributed by atoms with Crippen molar-refractivity contribution in [3.05, 3.63) is 24.7 Å². The highest BCUT2D eigenvalue weighted by Crippen LogP contribution is 2.51. The average molecular weight is 479 g/mol. The lowest BCUT2D eigenvalue weighted by Gasteiger charge is -2.32. The van der Waals surface area contributed by atoms with E-state index in [1.807, 2.05) is 0 Å². The Morgan fingerprint density at radius 1 is 1.52 bits per heavy atom. The SMILES string of the molecule is C=C1N=C(NC)C=CN1[C@@H]1O[C@H](COP(=O)(OCCSC(C)=O)N(C)C)C(C)(O)[C@@H]1O. The molecule has 0 amide bonds. The van der Waals surface area contributed by atoms with E-state index in [-0.39, 0.29) is 18.3 Å². The van der Waals surface area contributed by atoms with Crippen molar-refractivity contribution in [1.82, 2.24) is 14.9 Å². The summed E-state index contributed by atoms with van der Waals surface area (Å²) in [5.41, 5.74) is -1.70. The van der Waals surface area contributed by atoms with Crippen LogP contribution in [0.15, 0.2) is 29.7 Å². The van der Waals surface area contributed by atoms with Gasteiger partial charge in [-0.3, -0.25) is 13.8 Å². The second-order valence-corrected chi connectivity index (χ2v) is 10.9. The number of carbonyl (C=O) groups is 1. The second kappa shape index (κ2) is 10.6. The Labute approximate surface area is 186 Å². The van der Waals surface area contributed by atoms with Gasteiger partial charge in [0.2, 0.25) is 0 Å². The van der Waals surface area contributed by atoms with Gasteiger partial charge < -0.3 is 25.2 Å². The molecule has 31 heavy (non-hydrogen) atoms. The van der Waals surface area contributed by atoms with Gasteiger partial charge in [-0.1, -0.05) is 18.3 Å². The monoisotopic (exact) mass is 478 g/mol. The molecule has 176 valence electrons. The summed E-state index contributed by atoms with van der Waals surface area (Å²) < 4.78 is 31.1. The summed E-state index contributed by atoms with van der Waals surface area (Å²) in [7, 11) is 1.09. The summed E-state index contributed by atoms with van der Waals surface area (Å²) in [6.07, 6.45) is 0.0131. The van der Waals surface area contributed by atoms with E-state index in [0.717, 1.165) is 11.8 Å². The van der Waals surface area contributed by atoms with Crippen LogP contribution >= 0.6 is 19.5 Å². The van der Waals surface area contributed by atoms with Crippen LogP contribution in [0.25, 0.3) is 0 Å². The minimum absolute atomic E-state index is 0.0388. The first-order valence-electron chi connectivity index (χ1n) is 9.60. The number of carbonyl (C=O) groups excluding carboxylic acids is 1. The van der Waals surface area contributed by atoms with E-state index < -0.39 is 31.8 Å². The van der Waals surface area contributed by atoms with Gasteiger partial charge in [0.25, 0.3) is 0 Å². The first kappa shape index (κ1) is 26.0. The topological polar surface area (TPSA) is 133 Å². The van der Waals surface area contributed by atoms with Crippen LogP contribution in [0.5, 0.6) is 0 Å². The standard InChI is InChI=1S/C18H31N4O7PS/c1-12-20-15(19-4)7-8-22(12)17-16(24)18(3,25)14(29-17)11-28-30(26,21(5)6)27-9-10-31-13(2)23/h7-8,14,16-17,24-25H,1,9-11H2,2-6H3,(H,19,20)/t14-,16-,17-,18?,30?/m1/s1. The molecule has 2 heterocycles. The van der Waals surface area contributed by atoms with E-state index in [0.29, 0.717) is 17.4 Å². The van der Waals surface area contributed by atoms with E-state index in [1.165, 1.54) is 37.5 Å². The van der Waals surface area contributed by atoms with Crippen molar-refractivity contribution in [1.29, 1.82) is 0 Å². The van der Waals surface area contributed by atoms with Crippen LogP contribution < -0.4 is 5.32 Å². The zero-order chi connectivity index (χ0) is 23.4. The molecule has 3 N–H and O–H groups in total. The molecule has 0 aliphatic carbocycles. The maximum Gasteiger partial charge on any atom is 0.407 e. The van der Waals surface area contributed by atoms with Crippen molar-refractivity contribution in [2.24, 2.45) is 4.99 Å². The predicted octanol–water partition coefficient (Wildman–Crippen LogP) is 0.724. The van der Waals surface area contributed by atoms with E-state index >= 15 is 0 Å². The van der Waals surface area contributed by atoms with Crippen molar-refractivity contribution >= 4 is 30.5 Å². The number of aliphatic hydroxyl groups excluding tert-OH is 1. The van der Waals surface area contributed by atoms with Crippen LogP contribution in [0, 0.1) is 0 Å². The van der Waals surface area contributed by atoms with E-state index in [1.54, 1.807) is 19.3 Å². The summed E-state index contributed by atoms with van der Waals surface area (Å²) in [6, 6.07) is 0.